The molecule has 210 valence electrons. The molecule has 0 aromatic heterocycles. The molecule has 4 heteroatoms. The lowest BCUT2D eigenvalue weighted by Crippen LogP contribution is -2.59. The van der Waals surface area contributed by atoms with Gasteiger partial charge < -0.3 is 19.7 Å². The smallest absolute Gasteiger partial charge is 0.0855 e. The predicted octanol–water partition coefficient (Wildman–Crippen LogP) is 7.00. The monoisotopic (exact) mass is 506 g/mol. The molecule has 0 spiro atoms. The van der Waals surface area contributed by atoms with Crippen molar-refractivity contribution in [2.45, 2.75) is 143 Å². The van der Waals surface area contributed by atoms with E-state index in [9.17, 15) is 10.2 Å². The summed E-state index contributed by atoms with van der Waals surface area (Å²) in [7, 11) is 1.74. The molecule has 4 rings (SSSR count). The highest BCUT2D eigenvalue weighted by molar-refractivity contribution is 5.11. The Bertz CT molecular complexity index is 743. The normalized spacial score (nSPS) is 44.0. The van der Waals surface area contributed by atoms with E-state index in [4.69, 9.17) is 9.47 Å². The van der Waals surface area contributed by atoms with Crippen molar-refractivity contribution in [2.24, 2.45) is 46.3 Å². The summed E-state index contributed by atoms with van der Waals surface area (Å²) in [5.74, 6) is 4.38. The third-order valence-corrected chi connectivity index (χ3v) is 12.1. The highest BCUT2D eigenvalue weighted by Gasteiger charge is 2.62. The first-order valence-corrected chi connectivity index (χ1v) is 15.3. The average Bonchev–Trinajstić information content (AvgIpc) is 3.15. The maximum absolute atomic E-state index is 11.5. The molecule has 0 amide bonds. The van der Waals surface area contributed by atoms with Crippen LogP contribution in [-0.2, 0) is 9.47 Å². The molecule has 4 aliphatic rings. The predicted molar refractivity (Wildman–Crippen MR) is 147 cm³/mol. The fraction of sp³-hybridized carbons (Fsp3) is 1.00. The number of fused-ring (bicyclic) bond motifs is 5. The van der Waals surface area contributed by atoms with Crippen molar-refractivity contribution < 1.29 is 19.7 Å². The SMILES string of the molecule is COC(C)(C)CO[C@H]1CC[C@@]2(C)[C@@H](CC[C@@H]3[C@@H]2CC[C@]2(C)[C@@H]([C@H](C)CCCC(C)(C)O)CC[C@@H]32)[C@H]1O. The molecule has 0 bridgehead atoms. The van der Waals surface area contributed by atoms with Gasteiger partial charge in [-0.05, 0) is 132 Å². The summed E-state index contributed by atoms with van der Waals surface area (Å²) in [5.41, 5.74) is -0.126. The van der Waals surface area contributed by atoms with Gasteiger partial charge in [0.1, 0.15) is 0 Å². The van der Waals surface area contributed by atoms with E-state index < -0.39 is 5.60 Å². The Labute approximate surface area is 222 Å². The van der Waals surface area contributed by atoms with Crippen LogP contribution in [0.25, 0.3) is 0 Å². The first-order chi connectivity index (χ1) is 16.7. The van der Waals surface area contributed by atoms with Gasteiger partial charge in [0, 0.05) is 7.11 Å². The molecule has 0 saturated heterocycles. The molecule has 10 atom stereocenters. The van der Waals surface area contributed by atoms with Crippen LogP contribution >= 0.6 is 0 Å². The molecular weight excluding hydrogens is 448 g/mol. The second-order valence-electron chi connectivity index (χ2n) is 15.3. The van der Waals surface area contributed by atoms with Crippen molar-refractivity contribution in [3.63, 3.8) is 0 Å². The summed E-state index contributed by atoms with van der Waals surface area (Å²) >= 11 is 0. The summed E-state index contributed by atoms with van der Waals surface area (Å²) in [6.07, 6.45) is 13.0. The molecule has 4 aliphatic carbocycles. The molecular formula is C32H58O4. The second kappa shape index (κ2) is 10.4. The van der Waals surface area contributed by atoms with E-state index in [1.54, 1.807) is 7.11 Å². The number of hydrogen-bond donors (Lipinski definition) is 2. The van der Waals surface area contributed by atoms with Crippen LogP contribution in [-0.4, -0.2) is 47.3 Å². The molecule has 0 aromatic rings. The van der Waals surface area contributed by atoms with Crippen LogP contribution in [0.2, 0.25) is 0 Å². The van der Waals surface area contributed by atoms with Crippen LogP contribution in [0.15, 0.2) is 0 Å². The fourth-order valence-corrected chi connectivity index (χ4v) is 9.88. The molecule has 0 aromatic carbocycles. The van der Waals surface area contributed by atoms with Crippen LogP contribution in [0.3, 0.4) is 0 Å². The van der Waals surface area contributed by atoms with Gasteiger partial charge in [0.05, 0.1) is 30.0 Å². The van der Waals surface area contributed by atoms with Gasteiger partial charge in [-0.15, -0.1) is 0 Å². The number of aliphatic hydroxyl groups is 2. The Hall–Kier alpha value is -0.160. The molecule has 4 fully saturated rings. The van der Waals surface area contributed by atoms with Gasteiger partial charge in [0.15, 0.2) is 0 Å². The Morgan fingerprint density at radius 1 is 0.889 bits per heavy atom. The zero-order valence-electron chi connectivity index (χ0n) is 24.8. The number of ether oxygens (including phenoxy) is 2. The largest absolute Gasteiger partial charge is 0.390 e. The minimum Gasteiger partial charge on any atom is -0.390 e. The van der Waals surface area contributed by atoms with Crippen molar-refractivity contribution in [3.8, 4) is 0 Å². The first kappa shape index (κ1) is 28.8. The fourth-order valence-electron chi connectivity index (χ4n) is 9.88. The number of methoxy groups -OCH3 is 1. The molecule has 2 N–H and O–H groups in total. The molecule has 0 unspecified atom stereocenters. The van der Waals surface area contributed by atoms with E-state index in [-0.39, 0.29) is 23.2 Å². The standard InChI is InChI=1S/C32H58O4/c1-21(10-9-17-29(2,3)34)23-13-14-24-22-11-12-26-28(33)27(36-20-30(4,5)35-8)16-19-32(26,7)25(22)15-18-31(23,24)6/h21-28,33-34H,9-20H2,1-8H3/t21-,22+,23-,24+,25+,26+,27+,28-,31-,32-/m1/s1. The van der Waals surface area contributed by atoms with E-state index in [0.29, 0.717) is 17.9 Å². The molecule has 0 radical (unpaired) electrons. The van der Waals surface area contributed by atoms with Gasteiger partial charge in [0.25, 0.3) is 0 Å². The Balaban J connectivity index is 1.41. The van der Waals surface area contributed by atoms with E-state index in [1.165, 1.54) is 44.9 Å². The van der Waals surface area contributed by atoms with Crippen molar-refractivity contribution in [3.05, 3.63) is 0 Å². The van der Waals surface area contributed by atoms with Crippen LogP contribution < -0.4 is 0 Å². The van der Waals surface area contributed by atoms with Crippen LogP contribution in [0, 0.1) is 46.3 Å². The number of aliphatic hydroxyl groups excluding tert-OH is 1. The van der Waals surface area contributed by atoms with E-state index in [2.05, 4.69) is 34.6 Å². The Kier molecular flexibility index (Phi) is 8.36. The van der Waals surface area contributed by atoms with E-state index >= 15 is 0 Å². The highest BCUT2D eigenvalue weighted by atomic mass is 16.5. The number of hydrogen-bond acceptors (Lipinski definition) is 4. The summed E-state index contributed by atoms with van der Waals surface area (Å²) in [6, 6.07) is 0. The van der Waals surface area contributed by atoms with Crippen molar-refractivity contribution in [2.75, 3.05) is 13.7 Å². The molecule has 0 aliphatic heterocycles. The number of rotatable bonds is 9. The highest BCUT2D eigenvalue weighted by Crippen LogP contribution is 2.68. The topological polar surface area (TPSA) is 58.9 Å². The summed E-state index contributed by atoms with van der Waals surface area (Å²) in [6.45, 7) is 16.2. The van der Waals surface area contributed by atoms with Crippen molar-refractivity contribution in [1.82, 2.24) is 0 Å². The molecule has 0 heterocycles. The third kappa shape index (κ3) is 5.45. The van der Waals surface area contributed by atoms with Gasteiger partial charge in [-0.2, -0.15) is 0 Å². The maximum atomic E-state index is 11.5. The molecule has 4 nitrogen and oxygen atoms in total. The summed E-state index contributed by atoms with van der Waals surface area (Å²) < 4.78 is 11.8. The van der Waals surface area contributed by atoms with E-state index in [1.807, 2.05) is 13.8 Å². The van der Waals surface area contributed by atoms with Crippen molar-refractivity contribution in [1.29, 1.82) is 0 Å². The lowest BCUT2D eigenvalue weighted by atomic mass is 9.44. The minimum atomic E-state index is -0.539. The van der Waals surface area contributed by atoms with Gasteiger partial charge in [-0.1, -0.05) is 33.6 Å². The van der Waals surface area contributed by atoms with Gasteiger partial charge in [-0.3, -0.25) is 0 Å². The van der Waals surface area contributed by atoms with Crippen LogP contribution in [0.4, 0.5) is 0 Å². The minimum absolute atomic E-state index is 0.0523. The van der Waals surface area contributed by atoms with Crippen LogP contribution in [0.5, 0.6) is 0 Å². The van der Waals surface area contributed by atoms with E-state index in [0.717, 1.165) is 55.3 Å². The quantitative estimate of drug-likeness (QED) is 0.353. The maximum Gasteiger partial charge on any atom is 0.0855 e. The Morgan fingerprint density at radius 3 is 2.19 bits per heavy atom. The van der Waals surface area contributed by atoms with Gasteiger partial charge in [0.2, 0.25) is 0 Å². The first-order valence-electron chi connectivity index (χ1n) is 15.3. The van der Waals surface area contributed by atoms with Crippen molar-refractivity contribution >= 4 is 0 Å². The Morgan fingerprint density at radius 2 is 1.53 bits per heavy atom. The lowest BCUT2D eigenvalue weighted by molar-refractivity contribution is -0.195. The summed E-state index contributed by atoms with van der Waals surface area (Å²) in [4.78, 5) is 0. The third-order valence-electron chi connectivity index (χ3n) is 12.1. The summed E-state index contributed by atoms with van der Waals surface area (Å²) in [5, 5.41) is 21.7. The van der Waals surface area contributed by atoms with Gasteiger partial charge in [-0.25, -0.2) is 0 Å². The average molecular weight is 507 g/mol. The van der Waals surface area contributed by atoms with Crippen LogP contribution in [0.1, 0.15) is 119 Å². The van der Waals surface area contributed by atoms with Gasteiger partial charge >= 0.3 is 0 Å². The second-order valence-corrected chi connectivity index (χ2v) is 15.3. The lowest BCUT2D eigenvalue weighted by Gasteiger charge is -2.62. The molecule has 36 heavy (non-hydrogen) atoms. The zero-order valence-corrected chi connectivity index (χ0v) is 24.8. The molecule has 4 saturated carbocycles. The zero-order chi connectivity index (χ0) is 26.5.